The molecule has 0 saturated carbocycles. The summed E-state index contributed by atoms with van der Waals surface area (Å²) in [6.07, 6.45) is 0.208. The molecule has 1 aromatic rings. The lowest BCUT2D eigenvalue weighted by Gasteiger charge is -2.16. The quantitative estimate of drug-likeness (QED) is 0.755. The fraction of sp³-hybridized carbons (Fsp3) is 0.467. The van der Waals surface area contributed by atoms with Crippen LogP contribution in [0.5, 0.6) is 5.75 Å². The number of likely N-dealkylation sites (tertiary alicyclic amines) is 1. The van der Waals surface area contributed by atoms with Gasteiger partial charge in [-0.1, -0.05) is 0 Å². The number of carbonyl (C=O) groups excluding carboxylic acids is 2. The minimum atomic E-state index is -0.380. The average Bonchev–Trinajstić information content (AvgIpc) is 2.88. The smallest absolute Gasteiger partial charge is 0.229 e. The first kappa shape index (κ1) is 19.1. The van der Waals surface area contributed by atoms with Gasteiger partial charge in [-0.05, 0) is 12.1 Å². The van der Waals surface area contributed by atoms with Gasteiger partial charge in [-0.25, -0.2) is 0 Å². The second-order valence-electron chi connectivity index (χ2n) is 5.18. The van der Waals surface area contributed by atoms with Crippen molar-refractivity contribution in [2.24, 2.45) is 5.92 Å². The Morgan fingerprint density at radius 2 is 2.17 bits per heavy atom. The van der Waals surface area contributed by atoms with E-state index in [-0.39, 0.29) is 36.6 Å². The molecule has 3 N–H and O–H groups in total. The largest absolute Gasteiger partial charge is 0.497 e. The van der Waals surface area contributed by atoms with E-state index in [0.717, 1.165) is 0 Å². The molecule has 128 valence electrons. The van der Waals surface area contributed by atoms with E-state index in [1.807, 2.05) is 0 Å². The number of nitrogen functional groups attached to an aromatic ring is 1. The number of nitrogens with two attached hydrogens (primary N) is 1. The SMILES string of the molecule is COCCN1CC(C(=O)Nc2cc(OC)ccc2N)CC1=O.Cl. The van der Waals surface area contributed by atoms with Crippen molar-refractivity contribution in [3.63, 3.8) is 0 Å². The molecule has 1 fully saturated rings. The van der Waals surface area contributed by atoms with Crippen LogP contribution in [0.15, 0.2) is 18.2 Å². The summed E-state index contributed by atoms with van der Waals surface area (Å²) < 4.78 is 10.1. The number of nitrogens with zero attached hydrogens (tertiary/aromatic N) is 1. The highest BCUT2D eigenvalue weighted by Gasteiger charge is 2.34. The van der Waals surface area contributed by atoms with E-state index in [1.165, 1.54) is 0 Å². The molecule has 1 aliphatic heterocycles. The topological polar surface area (TPSA) is 93.9 Å². The van der Waals surface area contributed by atoms with Crippen LogP contribution in [0.25, 0.3) is 0 Å². The summed E-state index contributed by atoms with van der Waals surface area (Å²) in [4.78, 5) is 25.8. The van der Waals surface area contributed by atoms with Gasteiger partial charge in [0, 0.05) is 32.7 Å². The van der Waals surface area contributed by atoms with Gasteiger partial charge in [-0.2, -0.15) is 0 Å². The third-order valence-electron chi connectivity index (χ3n) is 3.67. The summed E-state index contributed by atoms with van der Waals surface area (Å²) in [6, 6.07) is 5.04. The van der Waals surface area contributed by atoms with Crippen molar-refractivity contribution in [2.75, 3.05) is 45.0 Å². The van der Waals surface area contributed by atoms with Gasteiger partial charge in [0.05, 0.1) is 31.0 Å². The second-order valence-corrected chi connectivity index (χ2v) is 5.18. The number of rotatable bonds is 6. The second kappa shape index (κ2) is 8.59. The maximum atomic E-state index is 12.3. The molecule has 1 atom stereocenters. The molecule has 23 heavy (non-hydrogen) atoms. The Bertz CT molecular complexity index is 568. The van der Waals surface area contributed by atoms with Gasteiger partial charge in [0.2, 0.25) is 11.8 Å². The molecular weight excluding hydrogens is 322 g/mol. The van der Waals surface area contributed by atoms with Crippen molar-refractivity contribution in [3.05, 3.63) is 18.2 Å². The Morgan fingerprint density at radius 1 is 1.43 bits per heavy atom. The van der Waals surface area contributed by atoms with Crippen LogP contribution in [0.3, 0.4) is 0 Å². The van der Waals surface area contributed by atoms with Gasteiger partial charge in [0.1, 0.15) is 5.75 Å². The molecule has 0 bridgehead atoms. The molecule has 0 aliphatic carbocycles. The molecule has 1 heterocycles. The van der Waals surface area contributed by atoms with Crippen molar-refractivity contribution in [2.45, 2.75) is 6.42 Å². The maximum absolute atomic E-state index is 12.3. The Kier molecular flexibility index (Phi) is 7.12. The van der Waals surface area contributed by atoms with E-state index >= 15 is 0 Å². The number of nitrogens with one attached hydrogen (secondary N) is 1. The number of anilines is 2. The molecule has 0 aromatic heterocycles. The van der Waals surface area contributed by atoms with E-state index in [0.29, 0.717) is 36.8 Å². The Labute approximate surface area is 141 Å². The van der Waals surface area contributed by atoms with Crippen LogP contribution in [0.2, 0.25) is 0 Å². The number of methoxy groups -OCH3 is 2. The molecule has 8 heteroatoms. The first-order valence-electron chi connectivity index (χ1n) is 7.06. The first-order chi connectivity index (χ1) is 10.5. The fourth-order valence-electron chi connectivity index (χ4n) is 2.37. The molecule has 7 nitrogen and oxygen atoms in total. The zero-order valence-corrected chi connectivity index (χ0v) is 14.0. The third kappa shape index (κ3) is 4.74. The minimum Gasteiger partial charge on any atom is -0.497 e. The fourth-order valence-corrected chi connectivity index (χ4v) is 2.37. The monoisotopic (exact) mass is 343 g/mol. The van der Waals surface area contributed by atoms with Crippen LogP contribution in [-0.4, -0.2) is 50.6 Å². The normalized spacial score (nSPS) is 16.9. The van der Waals surface area contributed by atoms with E-state index < -0.39 is 0 Å². The highest BCUT2D eigenvalue weighted by Crippen LogP contribution is 2.26. The van der Waals surface area contributed by atoms with Gasteiger partial charge in [0.25, 0.3) is 0 Å². The minimum absolute atomic E-state index is 0. The Hall–Kier alpha value is -1.99. The summed E-state index contributed by atoms with van der Waals surface area (Å²) in [6.45, 7) is 1.36. The van der Waals surface area contributed by atoms with Crippen LogP contribution in [0.4, 0.5) is 11.4 Å². The van der Waals surface area contributed by atoms with Crippen LogP contribution in [0.1, 0.15) is 6.42 Å². The van der Waals surface area contributed by atoms with Crippen molar-refractivity contribution in [3.8, 4) is 5.75 Å². The van der Waals surface area contributed by atoms with Crippen LogP contribution >= 0.6 is 12.4 Å². The number of amides is 2. The average molecular weight is 344 g/mol. The van der Waals surface area contributed by atoms with Gasteiger partial charge in [-0.3, -0.25) is 9.59 Å². The molecule has 1 saturated heterocycles. The molecular formula is C15H22ClN3O4. The van der Waals surface area contributed by atoms with Gasteiger partial charge < -0.3 is 25.4 Å². The van der Waals surface area contributed by atoms with Crippen LogP contribution in [0, 0.1) is 5.92 Å². The van der Waals surface area contributed by atoms with Crippen molar-refractivity contribution in [1.82, 2.24) is 4.90 Å². The van der Waals surface area contributed by atoms with Gasteiger partial charge in [0.15, 0.2) is 0 Å². The summed E-state index contributed by atoms with van der Waals surface area (Å²) in [5.41, 5.74) is 6.79. The number of hydrogen-bond acceptors (Lipinski definition) is 5. The van der Waals surface area contributed by atoms with Crippen molar-refractivity contribution >= 4 is 35.6 Å². The lowest BCUT2D eigenvalue weighted by atomic mass is 10.1. The highest BCUT2D eigenvalue weighted by atomic mass is 35.5. The van der Waals surface area contributed by atoms with Crippen LogP contribution in [-0.2, 0) is 14.3 Å². The zero-order chi connectivity index (χ0) is 16.1. The molecule has 1 unspecified atom stereocenters. The molecule has 0 spiro atoms. The Morgan fingerprint density at radius 3 is 2.83 bits per heavy atom. The molecule has 1 aromatic carbocycles. The molecule has 1 aliphatic rings. The van der Waals surface area contributed by atoms with Crippen molar-refractivity contribution < 1.29 is 19.1 Å². The summed E-state index contributed by atoms with van der Waals surface area (Å²) in [5.74, 6) is -0.0206. The number of carbonyl (C=O) groups is 2. The zero-order valence-electron chi connectivity index (χ0n) is 13.2. The van der Waals surface area contributed by atoms with E-state index in [1.54, 1.807) is 37.3 Å². The highest BCUT2D eigenvalue weighted by molar-refractivity contribution is 5.99. The van der Waals surface area contributed by atoms with Crippen molar-refractivity contribution in [1.29, 1.82) is 0 Å². The number of benzene rings is 1. The number of ether oxygens (including phenoxy) is 2. The predicted octanol–water partition coefficient (Wildman–Crippen LogP) is 1.13. The van der Waals surface area contributed by atoms with E-state index in [9.17, 15) is 9.59 Å². The molecule has 2 rings (SSSR count). The summed E-state index contributed by atoms with van der Waals surface area (Å²) in [5, 5.41) is 2.77. The summed E-state index contributed by atoms with van der Waals surface area (Å²) >= 11 is 0. The lowest BCUT2D eigenvalue weighted by molar-refractivity contribution is -0.128. The summed E-state index contributed by atoms with van der Waals surface area (Å²) in [7, 11) is 3.12. The predicted molar refractivity (Wildman–Crippen MR) is 89.8 cm³/mol. The molecule has 0 radical (unpaired) electrons. The van der Waals surface area contributed by atoms with E-state index in [4.69, 9.17) is 15.2 Å². The van der Waals surface area contributed by atoms with E-state index in [2.05, 4.69) is 5.32 Å². The van der Waals surface area contributed by atoms with Crippen LogP contribution < -0.4 is 15.8 Å². The molecule has 2 amide bonds. The number of halogens is 1. The third-order valence-corrected chi connectivity index (χ3v) is 3.67. The van der Waals surface area contributed by atoms with Gasteiger partial charge in [-0.15, -0.1) is 12.4 Å². The lowest BCUT2D eigenvalue weighted by Crippen LogP contribution is -2.30. The standard InChI is InChI=1S/C15H21N3O4.ClH/c1-21-6-5-18-9-10(7-14(18)19)15(20)17-13-8-11(22-2)3-4-12(13)16;/h3-4,8,10H,5-7,9,16H2,1-2H3,(H,17,20);1H. The van der Waals surface area contributed by atoms with Gasteiger partial charge >= 0.3 is 0 Å². The number of hydrogen-bond donors (Lipinski definition) is 2. The Balaban J connectivity index is 0.00000264. The first-order valence-corrected chi connectivity index (χ1v) is 7.06. The maximum Gasteiger partial charge on any atom is 0.229 e.